The summed E-state index contributed by atoms with van der Waals surface area (Å²) in [4.78, 5) is 35.4. The SMILES string of the molecule is Cc1ccc(C(N)=O)cc1C(=O)OC(C(N)=O)c1cccc(Br)c1. The summed E-state index contributed by atoms with van der Waals surface area (Å²) in [5.41, 5.74) is 11.9. The number of aryl methyl sites for hydroxylation is 1. The van der Waals surface area contributed by atoms with Gasteiger partial charge in [0.1, 0.15) is 0 Å². The Morgan fingerprint density at radius 1 is 1.08 bits per heavy atom. The highest BCUT2D eigenvalue weighted by molar-refractivity contribution is 9.10. The van der Waals surface area contributed by atoms with Crippen LogP contribution in [0.15, 0.2) is 46.9 Å². The first-order valence-corrected chi connectivity index (χ1v) is 7.75. The molecular weight excluding hydrogens is 376 g/mol. The quantitative estimate of drug-likeness (QED) is 0.761. The molecule has 0 heterocycles. The van der Waals surface area contributed by atoms with Crippen LogP contribution in [0.3, 0.4) is 0 Å². The highest BCUT2D eigenvalue weighted by Gasteiger charge is 2.24. The molecule has 2 aromatic rings. The maximum absolute atomic E-state index is 12.4. The molecule has 0 fully saturated rings. The van der Waals surface area contributed by atoms with E-state index in [0.29, 0.717) is 15.6 Å². The third-order valence-corrected chi connectivity index (χ3v) is 3.87. The molecule has 1 atom stereocenters. The summed E-state index contributed by atoms with van der Waals surface area (Å²) in [6, 6.07) is 11.1. The van der Waals surface area contributed by atoms with E-state index in [-0.39, 0.29) is 11.1 Å². The molecule has 0 saturated heterocycles. The lowest BCUT2D eigenvalue weighted by molar-refractivity contribution is -0.127. The van der Waals surface area contributed by atoms with Crippen molar-refractivity contribution in [1.29, 1.82) is 0 Å². The lowest BCUT2D eigenvalue weighted by Gasteiger charge is -2.16. The summed E-state index contributed by atoms with van der Waals surface area (Å²) < 4.78 is 5.99. The minimum atomic E-state index is -1.24. The van der Waals surface area contributed by atoms with Crippen molar-refractivity contribution in [2.24, 2.45) is 11.5 Å². The van der Waals surface area contributed by atoms with Crippen LogP contribution in [0.2, 0.25) is 0 Å². The molecule has 0 aliphatic heterocycles. The van der Waals surface area contributed by atoms with Crippen molar-refractivity contribution >= 4 is 33.7 Å². The van der Waals surface area contributed by atoms with Gasteiger partial charge in [-0.25, -0.2) is 4.79 Å². The first-order chi connectivity index (χ1) is 11.3. The van der Waals surface area contributed by atoms with Gasteiger partial charge in [-0.15, -0.1) is 0 Å². The van der Waals surface area contributed by atoms with Gasteiger partial charge in [0, 0.05) is 15.6 Å². The van der Waals surface area contributed by atoms with Gasteiger partial charge in [-0.1, -0.05) is 34.1 Å². The Kier molecular flexibility index (Phi) is 5.35. The van der Waals surface area contributed by atoms with Crippen molar-refractivity contribution in [3.63, 3.8) is 0 Å². The zero-order valence-electron chi connectivity index (χ0n) is 12.8. The number of hydrogen-bond acceptors (Lipinski definition) is 4. The largest absolute Gasteiger partial charge is 0.444 e. The smallest absolute Gasteiger partial charge is 0.339 e. The van der Waals surface area contributed by atoms with Crippen LogP contribution >= 0.6 is 15.9 Å². The van der Waals surface area contributed by atoms with Crippen molar-refractivity contribution in [3.05, 3.63) is 69.2 Å². The van der Waals surface area contributed by atoms with Crippen LogP contribution < -0.4 is 11.5 Å². The number of hydrogen-bond donors (Lipinski definition) is 2. The fraction of sp³-hybridized carbons (Fsp3) is 0.118. The topological polar surface area (TPSA) is 112 Å². The van der Waals surface area contributed by atoms with Crippen molar-refractivity contribution in [1.82, 2.24) is 0 Å². The van der Waals surface area contributed by atoms with E-state index in [2.05, 4.69) is 15.9 Å². The summed E-state index contributed by atoms with van der Waals surface area (Å²) in [5.74, 6) is -2.23. The molecule has 0 aliphatic rings. The molecule has 0 aliphatic carbocycles. The lowest BCUT2D eigenvalue weighted by atomic mass is 10.0. The van der Waals surface area contributed by atoms with Gasteiger partial charge in [0.05, 0.1) is 5.56 Å². The Labute approximate surface area is 146 Å². The summed E-state index contributed by atoms with van der Waals surface area (Å²) in [6.07, 6.45) is -1.24. The molecular formula is C17H15BrN2O4. The number of primary amides is 2. The number of ether oxygens (including phenoxy) is 1. The number of esters is 1. The van der Waals surface area contributed by atoms with Crippen LogP contribution in [-0.4, -0.2) is 17.8 Å². The molecule has 6 nitrogen and oxygen atoms in total. The molecule has 0 saturated carbocycles. The van der Waals surface area contributed by atoms with Gasteiger partial charge in [0.2, 0.25) is 12.0 Å². The van der Waals surface area contributed by atoms with Crippen LogP contribution in [0.4, 0.5) is 0 Å². The fourth-order valence-electron chi connectivity index (χ4n) is 2.13. The lowest BCUT2D eigenvalue weighted by Crippen LogP contribution is -2.26. The van der Waals surface area contributed by atoms with E-state index in [9.17, 15) is 14.4 Å². The Balaban J connectivity index is 2.34. The molecule has 4 N–H and O–H groups in total. The zero-order valence-corrected chi connectivity index (χ0v) is 14.4. The van der Waals surface area contributed by atoms with E-state index in [1.807, 2.05) is 0 Å². The predicted molar refractivity (Wildman–Crippen MR) is 91.2 cm³/mol. The van der Waals surface area contributed by atoms with E-state index >= 15 is 0 Å². The maximum Gasteiger partial charge on any atom is 0.339 e. The van der Waals surface area contributed by atoms with Gasteiger partial charge in [-0.3, -0.25) is 9.59 Å². The Morgan fingerprint density at radius 2 is 1.79 bits per heavy atom. The van der Waals surface area contributed by atoms with Gasteiger partial charge in [0.15, 0.2) is 0 Å². The normalized spacial score (nSPS) is 11.6. The standard InChI is InChI=1S/C17H15BrN2O4/c1-9-5-6-11(15(19)21)8-13(9)17(23)24-14(16(20)22)10-3-2-4-12(18)7-10/h2-8,14H,1H3,(H2,19,21)(H2,20,22). The molecule has 2 amide bonds. The van der Waals surface area contributed by atoms with Crippen LogP contribution in [0.1, 0.15) is 37.9 Å². The first-order valence-electron chi connectivity index (χ1n) is 6.96. The Hall–Kier alpha value is -2.67. The summed E-state index contributed by atoms with van der Waals surface area (Å²) in [7, 11) is 0. The third-order valence-electron chi connectivity index (χ3n) is 3.38. The van der Waals surface area contributed by atoms with Crippen molar-refractivity contribution in [2.75, 3.05) is 0 Å². The van der Waals surface area contributed by atoms with Gasteiger partial charge in [-0.05, 0) is 36.8 Å². The molecule has 0 aromatic heterocycles. The fourth-order valence-corrected chi connectivity index (χ4v) is 2.54. The molecule has 24 heavy (non-hydrogen) atoms. The molecule has 0 spiro atoms. The van der Waals surface area contributed by atoms with Crippen molar-refractivity contribution in [2.45, 2.75) is 13.0 Å². The molecule has 7 heteroatoms. The van der Waals surface area contributed by atoms with Gasteiger partial charge >= 0.3 is 5.97 Å². The number of nitrogens with two attached hydrogens (primary N) is 2. The minimum absolute atomic E-state index is 0.146. The van der Waals surface area contributed by atoms with Crippen LogP contribution in [0.5, 0.6) is 0 Å². The number of benzene rings is 2. The number of rotatable bonds is 5. The molecule has 124 valence electrons. The third kappa shape index (κ3) is 3.99. The summed E-state index contributed by atoms with van der Waals surface area (Å²) in [6.45, 7) is 1.68. The second-order valence-corrected chi connectivity index (χ2v) is 6.05. The van der Waals surface area contributed by atoms with Crippen molar-refractivity contribution in [3.8, 4) is 0 Å². The second-order valence-electron chi connectivity index (χ2n) is 5.14. The molecule has 0 bridgehead atoms. The maximum atomic E-state index is 12.4. The predicted octanol–water partition coefficient (Wildman–Crippen LogP) is 2.24. The van der Waals surface area contributed by atoms with Crippen LogP contribution in [-0.2, 0) is 9.53 Å². The second kappa shape index (κ2) is 7.27. The zero-order chi connectivity index (χ0) is 17.9. The Morgan fingerprint density at radius 3 is 2.38 bits per heavy atom. The molecule has 1 unspecified atom stereocenters. The van der Waals surface area contributed by atoms with Gasteiger partial charge in [0.25, 0.3) is 5.91 Å². The van der Waals surface area contributed by atoms with Gasteiger partial charge < -0.3 is 16.2 Å². The molecule has 2 rings (SSSR count). The van der Waals surface area contributed by atoms with Crippen LogP contribution in [0.25, 0.3) is 0 Å². The average molecular weight is 391 g/mol. The van der Waals surface area contributed by atoms with Crippen molar-refractivity contribution < 1.29 is 19.1 Å². The number of amides is 2. The monoisotopic (exact) mass is 390 g/mol. The van der Waals surface area contributed by atoms with Crippen LogP contribution in [0, 0.1) is 6.92 Å². The number of halogens is 1. The average Bonchev–Trinajstić information content (AvgIpc) is 2.52. The highest BCUT2D eigenvalue weighted by atomic mass is 79.9. The van der Waals surface area contributed by atoms with E-state index in [0.717, 1.165) is 0 Å². The van der Waals surface area contributed by atoms with E-state index in [1.165, 1.54) is 12.1 Å². The number of carbonyl (C=O) groups excluding carboxylic acids is 3. The molecule has 0 radical (unpaired) electrons. The van der Waals surface area contributed by atoms with E-state index < -0.39 is 23.9 Å². The Bertz CT molecular complexity index is 820. The van der Waals surface area contributed by atoms with E-state index in [1.54, 1.807) is 37.3 Å². The minimum Gasteiger partial charge on any atom is -0.444 e. The first kappa shape index (κ1) is 17.7. The summed E-state index contributed by atoms with van der Waals surface area (Å²) in [5, 5.41) is 0. The highest BCUT2D eigenvalue weighted by Crippen LogP contribution is 2.23. The summed E-state index contributed by atoms with van der Waals surface area (Å²) >= 11 is 3.28. The van der Waals surface area contributed by atoms with E-state index in [4.69, 9.17) is 16.2 Å². The molecule has 2 aromatic carbocycles. The number of carbonyl (C=O) groups is 3. The van der Waals surface area contributed by atoms with Gasteiger partial charge in [-0.2, -0.15) is 0 Å².